The zero-order valence-electron chi connectivity index (χ0n) is 9.51. The summed E-state index contributed by atoms with van der Waals surface area (Å²) in [5.41, 5.74) is -1.69. The lowest BCUT2D eigenvalue weighted by atomic mass is 10.2. The van der Waals surface area contributed by atoms with E-state index >= 15 is 0 Å². The molecule has 18 heavy (non-hydrogen) atoms. The van der Waals surface area contributed by atoms with Gasteiger partial charge in [-0.05, 0) is 6.07 Å². The maximum absolute atomic E-state index is 13.3. The van der Waals surface area contributed by atoms with Crippen LogP contribution in [0.5, 0.6) is 5.75 Å². The second-order valence-corrected chi connectivity index (χ2v) is 3.96. The van der Waals surface area contributed by atoms with Crippen molar-refractivity contribution in [2.24, 2.45) is 0 Å². The molecule has 6 nitrogen and oxygen atoms in total. The summed E-state index contributed by atoms with van der Waals surface area (Å²) in [6.45, 7) is 0. The van der Waals surface area contributed by atoms with E-state index in [4.69, 9.17) is 4.74 Å². The minimum absolute atomic E-state index is 0.0704. The first kappa shape index (κ1) is 12.3. The summed E-state index contributed by atoms with van der Waals surface area (Å²) >= 11 is 0. The van der Waals surface area contributed by atoms with E-state index in [9.17, 15) is 19.3 Å². The summed E-state index contributed by atoms with van der Waals surface area (Å²) in [5.74, 6) is -1.46. The lowest BCUT2D eigenvalue weighted by molar-refractivity contribution is -0.387. The Kier molecular flexibility index (Phi) is 2.90. The van der Waals surface area contributed by atoms with Crippen LogP contribution in [-0.2, 0) is 9.53 Å². The molecule has 0 atom stereocenters. The smallest absolute Gasteiger partial charge is 0.350 e. The van der Waals surface area contributed by atoms with Gasteiger partial charge in [-0.25, -0.2) is 4.79 Å². The minimum atomic E-state index is -1.06. The van der Waals surface area contributed by atoms with Crippen molar-refractivity contribution in [3.8, 4) is 5.75 Å². The number of esters is 1. The van der Waals surface area contributed by atoms with Crippen molar-refractivity contribution in [3.63, 3.8) is 0 Å². The fourth-order valence-corrected chi connectivity index (χ4v) is 1.57. The van der Waals surface area contributed by atoms with Gasteiger partial charge in [0.15, 0.2) is 0 Å². The molecule has 0 spiro atoms. The molecule has 0 aromatic heterocycles. The van der Waals surface area contributed by atoms with Crippen molar-refractivity contribution in [1.29, 1.82) is 0 Å². The number of ether oxygens (including phenoxy) is 2. The second kappa shape index (κ2) is 4.25. The number of nitrogens with zero attached hydrogens (tertiary/aromatic N) is 1. The van der Waals surface area contributed by atoms with Crippen LogP contribution in [0.25, 0.3) is 0 Å². The van der Waals surface area contributed by atoms with Crippen molar-refractivity contribution in [3.05, 3.63) is 34.1 Å². The van der Waals surface area contributed by atoms with Crippen molar-refractivity contribution in [1.82, 2.24) is 0 Å². The van der Waals surface area contributed by atoms with E-state index < -0.39 is 28.0 Å². The molecule has 0 N–H and O–H groups in total. The third kappa shape index (κ3) is 2.11. The average molecular weight is 255 g/mol. The van der Waals surface area contributed by atoms with Crippen LogP contribution < -0.4 is 4.74 Å². The molecule has 0 aliphatic heterocycles. The summed E-state index contributed by atoms with van der Waals surface area (Å²) in [4.78, 5) is 21.0. The minimum Gasteiger partial charge on any atom is -0.475 e. The van der Waals surface area contributed by atoms with Crippen LogP contribution in [0, 0.1) is 15.9 Å². The Bertz CT molecular complexity index is 512. The largest absolute Gasteiger partial charge is 0.475 e. The molecule has 96 valence electrons. The van der Waals surface area contributed by atoms with Gasteiger partial charge in [0, 0.05) is 25.0 Å². The molecule has 1 aromatic carbocycles. The van der Waals surface area contributed by atoms with E-state index in [-0.39, 0.29) is 5.75 Å². The summed E-state index contributed by atoms with van der Waals surface area (Å²) < 4.78 is 23.3. The molecular weight excluding hydrogens is 245 g/mol. The molecule has 1 aliphatic rings. The van der Waals surface area contributed by atoms with Gasteiger partial charge < -0.3 is 9.47 Å². The SMILES string of the molecule is COC(=O)C1(Oc2ccc([N+](=O)[O-])c(F)c2)CC1. The monoisotopic (exact) mass is 255 g/mol. The third-order valence-corrected chi connectivity index (χ3v) is 2.69. The summed E-state index contributed by atoms with van der Waals surface area (Å²) in [5, 5.41) is 10.4. The first-order chi connectivity index (χ1) is 8.48. The molecule has 0 bridgehead atoms. The number of nitro benzene ring substituents is 1. The Morgan fingerprint density at radius 2 is 2.17 bits per heavy atom. The van der Waals surface area contributed by atoms with Gasteiger partial charge in [-0.3, -0.25) is 10.1 Å². The van der Waals surface area contributed by atoms with E-state index in [1.54, 1.807) is 0 Å². The third-order valence-electron chi connectivity index (χ3n) is 2.69. The first-order valence-corrected chi connectivity index (χ1v) is 5.20. The molecule has 1 fully saturated rings. The van der Waals surface area contributed by atoms with Crippen LogP contribution >= 0.6 is 0 Å². The summed E-state index contributed by atoms with van der Waals surface area (Å²) in [6.07, 6.45) is 0.969. The molecule has 1 aliphatic carbocycles. The molecular formula is C11H10FNO5. The molecule has 0 unspecified atom stereocenters. The fraction of sp³-hybridized carbons (Fsp3) is 0.364. The molecule has 1 aromatic rings. The van der Waals surface area contributed by atoms with E-state index in [0.717, 1.165) is 12.1 Å². The number of hydrogen-bond acceptors (Lipinski definition) is 5. The molecule has 7 heteroatoms. The molecule has 0 radical (unpaired) electrons. The van der Waals surface area contributed by atoms with Crippen molar-refractivity contribution in [2.75, 3.05) is 7.11 Å². The van der Waals surface area contributed by atoms with Gasteiger partial charge in [-0.2, -0.15) is 4.39 Å². The van der Waals surface area contributed by atoms with Gasteiger partial charge in [0.2, 0.25) is 11.4 Å². The van der Waals surface area contributed by atoms with Gasteiger partial charge in [0.1, 0.15) is 5.75 Å². The Labute approximate surface area is 101 Å². The number of halogens is 1. The number of benzene rings is 1. The van der Waals surface area contributed by atoms with Crippen LogP contribution in [0.3, 0.4) is 0 Å². The van der Waals surface area contributed by atoms with Crippen molar-refractivity contribution in [2.45, 2.75) is 18.4 Å². The van der Waals surface area contributed by atoms with E-state index in [2.05, 4.69) is 4.74 Å². The van der Waals surface area contributed by atoms with Gasteiger partial charge in [-0.15, -0.1) is 0 Å². The zero-order chi connectivity index (χ0) is 13.3. The number of rotatable bonds is 4. The predicted molar refractivity (Wildman–Crippen MR) is 57.7 cm³/mol. The number of nitro groups is 1. The molecule has 2 rings (SSSR count). The maximum atomic E-state index is 13.3. The highest BCUT2D eigenvalue weighted by molar-refractivity contribution is 5.83. The number of carbonyl (C=O) groups is 1. The highest BCUT2D eigenvalue weighted by atomic mass is 19.1. The summed E-state index contributed by atoms with van der Waals surface area (Å²) in [6, 6.07) is 3.14. The van der Waals surface area contributed by atoms with E-state index in [1.165, 1.54) is 13.2 Å². The van der Waals surface area contributed by atoms with E-state index in [1.807, 2.05) is 0 Å². The topological polar surface area (TPSA) is 78.7 Å². The Morgan fingerprint density at radius 3 is 2.61 bits per heavy atom. The van der Waals surface area contributed by atoms with Crippen LogP contribution in [0.1, 0.15) is 12.8 Å². The number of methoxy groups -OCH3 is 1. The maximum Gasteiger partial charge on any atom is 0.350 e. The highest BCUT2D eigenvalue weighted by Gasteiger charge is 2.54. The standard InChI is InChI=1S/C11H10FNO5/c1-17-10(14)11(4-5-11)18-7-2-3-9(13(15)16)8(12)6-7/h2-3,6H,4-5H2,1H3. The average Bonchev–Trinajstić information content (AvgIpc) is 3.08. The van der Waals surface area contributed by atoms with Crippen molar-refractivity contribution < 1.29 is 23.6 Å². The molecule has 0 saturated heterocycles. The fourth-order valence-electron chi connectivity index (χ4n) is 1.57. The first-order valence-electron chi connectivity index (χ1n) is 5.20. The normalized spacial score (nSPS) is 15.9. The quantitative estimate of drug-likeness (QED) is 0.465. The Balaban J connectivity index is 2.19. The van der Waals surface area contributed by atoms with Gasteiger partial charge >= 0.3 is 11.7 Å². The lowest BCUT2D eigenvalue weighted by Crippen LogP contribution is -2.30. The Hall–Kier alpha value is -2.18. The lowest BCUT2D eigenvalue weighted by Gasteiger charge is -2.15. The molecule has 1 saturated carbocycles. The van der Waals surface area contributed by atoms with Gasteiger partial charge in [0.25, 0.3) is 0 Å². The van der Waals surface area contributed by atoms with Crippen LogP contribution in [-0.4, -0.2) is 23.6 Å². The number of carbonyl (C=O) groups excluding carboxylic acids is 1. The highest BCUT2D eigenvalue weighted by Crippen LogP contribution is 2.41. The predicted octanol–water partition coefficient (Wildman–Crippen LogP) is 1.82. The molecule has 0 heterocycles. The molecule has 0 amide bonds. The van der Waals surface area contributed by atoms with Crippen LogP contribution in [0.2, 0.25) is 0 Å². The second-order valence-electron chi connectivity index (χ2n) is 3.96. The zero-order valence-corrected chi connectivity index (χ0v) is 9.51. The van der Waals surface area contributed by atoms with E-state index in [0.29, 0.717) is 12.8 Å². The Morgan fingerprint density at radius 1 is 1.50 bits per heavy atom. The summed E-state index contributed by atoms with van der Waals surface area (Å²) in [7, 11) is 1.24. The van der Waals surface area contributed by atoms with Crippen LogP contribution in [0.4, 0.5) is 10.1 Å². The van der Waals surface area contributed by atoms with Gasteiger partial charge in [-0.1, -0.05) is 0 Å². The van der Waals surface area contributed by atoms with Crippen molar-refractivity contribution >= 4 is 11.7 Å². The van der Waals surface area contributed by atoms with Gasteiger partial charge in [0.05, 0.1) is 12.0 Å². The number of hydrogen-bond donors (Lipinski definition) is 0. The van der Waals surface area contributed by atoms with Crippen LogP contribution in [0.15, 0.2) is 18.2 Å².